The summed E-state index contributed by atoms with van der Waals surface area (Å²) in [6.45, 7) is 0.0268. The molecule has 0 saturated heterocycles. The number of nitrogens with zero attached hydrogens (tertiary/aromatic N) is 2. The molecule has 0 aliphatic heterocycles. The molecule has 18 heavy (non-hydrogen) atoms. The van der Waals surface area contributed by atoms with Crippen molar-refractivity contribution in [3.8, 4) is 0 Å². The van der Waals surface area contributed by atoms with Crippen molar-refractivity contribution in [3.63, 3.8) is 0 Å². The van der Waals surface area contributed by atoms with E-state index in [-0.39, 0.29) is 12.1 Å². The average Bonchev–Trinajstić information content (AvgIpc) is 2.38. The van der Waals surface area contributed by atoms with Crippen LogP contribution >= 0.6 is 0 Å². The summed E-state index contributed by atoms with van der Waals surface area (Å²) in [6, 6.07) is 11.7. The molecule has 1 atom stereocenters. The molecule has 0 aliphatic carbocycles. The number of hydrogen-bond donors (Lipinski definition) is 1. The van der Waals surface area contributed by atoms with Crippen LogP contribution in [-0.2, 0) is 11.3 Å². The highest BCUT2D eigenvalue weighted by Gasteiger charge is 2.20. The van der Waals surface area contributed by atoms with E-state index in [1.54, 1.807) is 24.3 Å². The molecular weight excluding hydrogens is 232 g/mol. The number of carbonyl (C=O) groups is 1. The first-order valence-corrected chi connectivity index (χ1v) is 5.48. The van der Waals surface area contributed by atoms with Crippen LogP contribution in [0.15, 0.2) is 53.5 Å². The van der Waals surface area contributed by atoms with Crippen molar-refractivity contribution in [2.24, 2.45) is 0 Å². The van der Waals surface area contributed by atoms with Gasteiger partial charge >= 0.3 is 5.97 Å². The van der Waals surface area contributed by atoms with Gasteiger partial charge in [0, 0.05) is 12.3 Å². The van der Waals surface area contributed by atoms with Gasteiger partial charge in [-0.25, -0.2) is 4.68 Å². The Morgan fingerprint density at radius 1 is 1.22 bits per heavy atom. The van der Waals surface area contributed by atoms with Crippen LogP contribution in [0.1, 0.15) is 11.5 Å². The third-order valence-electron chi connectivity index (χ3n) is 2.64. The van der Waals surface area contributed by atoms with Crippen molar-refractivity contribution in [3.05, 3.63) is 64.6 Å². The van der Waals surface area contributed by atoms with Crippen LogP contribution in [0.5, 0.6) is 0 Å². The van der Waals surface area contributed by atoms with E-state index in [0.29, 0.717) is 5.56 Å². The van der Waals surface area contributed by atoms with E-state index in [9.17, 15) is 14.7 Å². The van der Waals surface area contributed by atoms with Gasteiger partial charge in [0.15, 0.2) is 0 Å². The van der Waals surface area contributed by atoms with Gasteiger partial charge in [0.2, 0.25) is 0 Å². The highest BCUT2D eigenvalue weighted by molar-refractivity contribution is 5.75. The second kappa shape index (κ2) is 5.27. The van der Waals surface area contributed by atoms with Crippen LogP contribution in [0.4, 0.5) is 0 Å². The third-order valence-corrected chi connectivity index (χ3v) is 2.64. The number of carboxylic acid groups (broad SMARTS) is 1. The van der Waals surface area contributed by atoms with Crippen LogP contribution < -0.4 is 5.56 Å². The first-order chi connectivity index (χ1) is 8.68. The van der Waals surface area contributed by atoms with Crippen LogP contribution in [0.3, 0.4) is 0 Å². The summed E-state index contributed by atoms with van der Waals surface area (Å²) >= 11 is 0. The van der Waals surface area contributed by atoms with Crippen molar-refractivity contribution in [2.75, 3.05) is 0 Å². The van der Waals surface area contributed by atoms with Gasteiger partial charge in [-0.1, -0.05) is 30.3 Å². The monoisotopic (exact) mass is 244 g/mol. The van der Waals surface area contributed by atoms with Crippen molar-refractivity contribution < 1.29 is 9.90 Å². The molecule has 0 saturated carbocycles. The van der Waals surface area contributed by atoms with Crippen molar-refractivity contribution in [2.45, 2.75) is 12.5 Å². The molecule has 92 valence electrons. The quantitative estimate of drug-likeness (QED) is 0.874. The van der Waals surface area contributed by atoms with Crippen molar-refractivity contribution >= 4 is 5.97 Å². The summed E-state index contributed by atoms with van der Waals surface area (Å²) in [4.78, 5) is 22.8. The molecule has 1 heterocycles. The molecule has 2 rings (SSSR count). The van der Waals surface area contributed by atoms with Crippen LogP contribution in [-0.4, -0.2) is 20.9 Å². The Kier molecular flexibility index (Phi) is 3.52. The predicted molar refractivity (Wildman–Crippen MR) is 65.3 cm³/mol. The Labute approximate surface area is 103 Å². The molecule has 1 unspecified atom stereocenters. The zero-order valence-electron chi connectivity index (χ0n) is 9.56. The first kappa shape index (κ1) is 12.0. The lowest BCUT2D eigenvalue weighted by atomic mass is 9.99. The highest BCUT2D eigenvalue weighted by Crippen LogP contribution is 2.16. The van der Waals surface area contributed by atoms with E-state index in [0.717, 1.165) is 4.68 Å². The van der Waals surface area contributed by atoms with E-state index in [2.05, 4.69) is 5.10 Å². The topological polar surface area (TPSA) is 72.2 Å². The van der Waals surface area contributed by atoms with Gasteiger partial charge in [0.05, 0.1) is 6.54 Å². The molecule has 1 N–H and O–H groups in total. The molecule has 2 aromatic rings. The normalized spacial score (nSPS) is 12.0. The molecule has 0 fully saturated rings. The predicted octanol–water partition coefficient (Wildman–Crippen LogP) is 1.11. The number of aliphatic carboxylic acids is 1. The number of aromatic nitrogens is 2. The summed E-state index contributed by atoms with van der Waals surface area (Å²) < 4.78 is 1.16. The molecule has 0 bridgehead atoms. The second-order valence-corrected chi connectivity index (χ2v) is 3.85. The van der Waals surface area contributed by atoms with E-state index in [1.807, 2.05) is 6.07 Å². The fourth-order valence-corrected chi connectivity index (χ4v) is 1.71. The third kappa shape index (κ3) is 2.63. The van der Waals surface area contributed by atoms with E-state index < -0.39 is 11.9 Å². The summed E-state index contributed by atoms with van der Waals surface area (Å²) in [5.41, 5.74) is 0.349. The summed E-state index contributed by atoms with van der Waals surface area (Å²) in [6.07, 6.45) is 1.46. The lowest BCUT2D eigenvalue weighted by Crippen LogP contribution is -2.27. The van der Waals surface area contributed by atoms with E-state index in [1.165, 1.54) is 18.3 Å². The zero-order chi connectivity index (χ0) is 13.0. The fraction of sp³-hybridized carbons (Fsp3) is 0.154. The first-order valence-electron chi connectivity index (χ1n) is 5.48. The van der Waals surface area contributed by atoms with Gasteiger partial charge in [-0.3, -0.25) is 9.59 Å². The molecule has 1 aromatic carbocycles. The molecule has 5 heteroatoms. The Balaban J connectivity index is 2.31. The lowest BCUT2D eigenvalue weighted by Gasteiger charge is -2.13. The minimum atomic E-state index is -0.973. The van der Waals surface area contributed by atoms with E-state index in [4.69, 9.17) is 0 Å². The minimum absolute atomic E-state index is 0.0268. The van der Waals surface area contributed by atoms with Crippen molar-refractivity contribution in [1.82, 2.24) is 9.78 Å². The van der Waals surface area contributed by atoms with Gasteiger partial charge in [-0.05, 0) is 11.6 Å². The summed E-state index contributed by atoms with van der Waals surface area (Å²) in [5.74, 6) is -1.75. The summed E-state index contributed by atoms with van der Waals surface area (Å²) in [5, 5.41) is 13.1. The number of hydrogen-bond acceptors (Lipinski definition) is 3. The van der Waals surface area contributed by atoms with Gasteiger partial charge in [0.1, 0.15) is 5.92 Å². The standard InChI is InChI=1S/C13H12N2O3/c16-12-7-4-8-14-15(12)9-11(13(17)18)10-5-2-1-3-6-10/h1-8,11H,9H2,(H,17,18). The largest absolute Gasteiger partial charge is 0.481 e. The highest BCUT2D eigenvalue weighted by atomic mass is 16.4. The maximum atomic E-state index is 11.5. The van der Waals surface area contributed by atoms with Crippen molar-refractivity contribution in [1.29, 1.82) is 0 Å². The Bertz CT molecular complexity index is 592. The average molecular weight is 244 g/mol. The number of rotatable bonds is 4. The fourth-order valence-electron chi connectivity index (χ4n) is 1.71. The smallest absolute Gasteiger partial charge is 0.312 e. The van der Waals surface area contributed by atoms with Gasteiger partial charge in [-0.15, -0.1) is 0 Å². The van der Waals surface area contributed by atoms with Gasteiger partial charge in [-0.2, -0.15) is 5.10 Å². The molecule has 0 amide bonds. The molecule has 0 spiro atoms. The molecule has 0 aliphatic rings. The second-order valence-electron chi connectivity index (χ2n) is 3.85. The van der Waals surface area contributed by atoms with Gasteiger partial charge < -0.3 is 5.11 Å². The van der Waals surface area contributed by atoms with Crippen LogP contribution in [0, 0.1) is 0 Å². The Hall–Kier alpha value is -2.43. The van der Waals surface area contributed by atoms with Crippen LogP contribution in [0.2, 0.25) is 0 Å². The van der Waals surface area contributed by atoms with Gasteiger partial charge in [0.25, 0.3) is 5.56 Å². The summed E-state index contributed by atoms with van der Waals surface area (Å²) in [7, 11) is 0. The maximum Gasteiger partial charge on any atom is 0.312 e. The minimum Gasteiger partial charge on any atom is -0.481 e. The molecular formula is C13H12N2O3. The maximum absolute atomic E-state index is 11.5. The Morgan fingerprint density at radius 2 is 1.94 bits per heavy atom. The molecule has 1 aromatic heterocycles. The van der Waals surface area contributed by atoms with Crippen LogP contribution in [0.25, 0.3) is 0 Å². The zero-order valence-corrected chi connectivity index (χ0v) is 9.56. The number of benzene rings is 1. The molecule has 5 nitrogen and oxygen atoms in total. The lowest BCUT2D eigenvalue weighted by molar-refractivity contribution is -0.139. The Morgan fingerprint density at radius 3 is 2.56 bits per heavy atom. The SMILES string of the molecule is O=C(O)C(Cn1ncccc1=O)c1ccccc1. The van der Waals surface area contributed by atoms with E-state index >= 15 is 0 Å². The molecule has 0 radical (unpaired) electrons. The number of carboxylic acids is 1.